The quantitative estimate of drug-likeness (QED) is 0.700. The van der Waals surface area contributed by atoms with Gasteiger partial charge in [-0.15, -0.1) is 0 Å². The van der Waals surface area contributed by atoms with Gasteiger partial charge in [-0.2, -0.15) is 5.10 Å². The van der Waals surface area contributed by atoms with Crippen LogP contribution in [-0.2, 0) is 11.3 Å². The van der Waals surface area contributed by atoms with Gasteiger partial charge < -0.3 is 9.64 Å². The van der Waals surface area contributed by atoms with E-state index in [2.05, 4.69) is 10.1 Å². The first-order valence-electron chi connectivity index (χ1n) is 9.20. The van der Waals surface area contributed by atoms with Crippen LogP contribution in [0.4, 0.5) is 0 Å². The second-order valence-electron chi connectivity index (χ2n) is 6.65. The largest absolute Gasteiger partial charge is 0.370 e. The van der Waals surface area contributed by atoms with Gasteiger partial charge in [-0.05, 0) is 49.2 Å². The fourth-order valence-corrected chi connectivity index (χ4v) is 3.33. The van der Waals surface area contributed by atoms with E-state index in [1.807, 2.05) is 59.6 Å². The van der Waals surface area contributed by atoms with Crippen molar-refractivity contribution in [2.45, 2.75) is 25.6 Å². The molecular formula is C21H22N4O2. The zero-order valence-electron chi connectivity index (χ0n) is 15.1. The fraction of sp³-hybridized carbons (Fsp3) is 0.286. The summed E-state index contributed by atoms with van der Waals surface area (Å²) in [4.78, 5) is 19.1. The lowest BCUT2D eigenvalue weighted by Crippen LogP contribution is -2.43. The summed E-state index contributed by atoms with van der Waals surface area (Å²) in [7, 11) is 0. The first kappa shape index (κ1) is 17.4. The number of likely N-dealkylation sites (tertiary alicyclic amines) is 1. The number of rotatable bonds is 5. The number of nitrogens with zero attached hydrogens (tertiary/aromatic N) is 4. The number of benzene rings is 1. The molecule has 138 valence electrons. The van der Waals surface area contributed by atoms with Crippen molar-refractivity contribution in [2.75, 3.05) is 13.1 Å². The van der Waals surface area contributed by atoms with Crippen molar-refractivity contribution in [1.82, 2.24) is 19.7 Å². The van der Waals surface area contributed by atoms with Crippen LogP contribution in [0.15, 0.2) is 67.1 Å². The highest BCUT2D eigenvalue weighted by atomic mass is 16.5. The Balaban J connectivity index is 1.40. The number of amides is 1. The number of carbonyl (C=O) groups is 1. The Kier molecular flexibility index (Phi) is 5.25. The maximum atomic E-state index is 13.0. The number of ether oxygens (including phenoxy) is 1. The summed E-state index contributed by atoms with van der Waals surface area (Å²) in [5, 5.41) is 4.23. The van der Waals surface area contributed by atoms with Gasteiger partial charge in [-0.25, -0.2) is 4.68 Å². The van der Waals surface area contributed by atoms with Crippen molar-refractivity contribution < 1.29 is 9.53 Å². The monoisotopic (exact) mass is 362 g/mol. The number of piperidine rings is 1. The van der Waals surface area contributed by atoms with Gasteiger partial charge in [0.2, 0.25) is 0 Å². The van der Waals surface area contributed by atoms with Crippen LogP contribution in [0.1, 0.15) is 28.9 Å². The Morgan fingerprint density at radius 1 is 1.15 bits per heavy atom. The second-order valence-corrected chi connectivity index (χ2v) is 6.65. The minimum Gasteiger partial charge on any atom is -0.370 e. The van der Waals surface area contributed by atoms with Gasteiger partial charge in [0, 0.05) is 37.2 Å². The van der Waals surface area contributed by atoms with Gasteiger partial charge in [-0.1, -0.05) is 12.1 Å². The van der Waals surface area contributed by atoms with Crippen LogP contribution in [0, 0.1) is 0 Å². The molecule has 0 aliphatic carbocycles. The van der Waals surface area contributed by atoms with Crippen LogP contribution in [0.3, 0.4) is 0 Å². The van der Waals surface area contributed by atoms with Crippen molar-refractivity contribution in [2.24, 2.45) is 0 Å². The highest BCUT2D eigenvalue weighted by Gasteiger charge is 2.25. The summed E-state index contributed by atoms with van der Waals surface area (Å²) in [6.07, 6.45) is 7.30. The topological polar surface area (TPSA) is 60.2 Å². The number of aromatic nitrogens is 3. The molecular weight excluding hydrogens is 340 g/mol. The molecule has 0 N–H and O–H groups in total. The molecule has 6 heteroatoms. The van der Waals surface area contributed by atoms with Crippen molar-refractivity contribution in [3.05, 3.63) is 78.4 Å². The number of pyridine rings is 1. The molecule has 1 aromatic carbocycles. The van der Waals surface area contributed by atoms with Crippen molar-refractivity contribution in [3.8, 4) is 5.69 Å². The van der Waals surface area contributed by atoms with E-state index in [-0.39, 0.29) is 12.0 Å². The molecule has 1 atom stereocenters. The fourth-order valence-electron chi connectivity index (χ4n) is 3.33. The first-order chi connectivity index (χ1) is 13.3. The van der Waals surface area contributed by atoms with Crippen LogP contribution in [-0.4, -0.2) is 44.8 Å². The average molecular weight is 362 g/mol. The minimum atomic E-state index is 0.0372. The minimum absolute atomic E-state index is 0.0372. The number of carbonyl (C=O) groups excluding carboxylic acids is 1. The lowest BCUT2D eigenvalue weighted by Gasteiger charge is -2.32. The molecule has 6 nitrogen and oxygen atoms in total. The van der Waals surface area contributed by atoms with E-state index in [0.717, 1.165) is 30.8 Å². The molecule has 1 unspecified atom stereocenters. The molecule has 0 radical (unpaired) electrons. The Labute approximate surface area is 158 Å². The van der Waals surface area contributed by atoms with Crippen LogP contribution in [0.5, 0.6) is 0 Å². The Hall–Kier alpha value is -2.99. The van der Waals surface area contributed by atoms with E-state index in [9.17, 15) is 4.79 Å². The maximum absolute atomic E-state index is 13.0. The van der Waals surface area contributed by atoms with Crippen molar-refractivity contribution >= 4 is 5.91 Å². The van der Waals surface area contributed by atoms with E-state index >= 15 is 0 Å². The van der Waals surface area contributed by atoms with E-state index in [4.69, 9.17) is 4.74 Å². The van der Waals surface area contributed by atoms with Crippen LogP contribution < -0.4 is 0 Å². The molecule has 27 heavy (non-hydrogen) atoms. The van der Waals surface area contributed by atoms with Gasteiger partial charge >= 0.3 is 0 Å². The molecule has 0 saturated carbocycles. The van der Waals surface area contributed by atoms with Crippen LogP contribution in [0.2, 0.25) is 0 Å². The lowest BCUT2D eigenvalue weighted by atomic mass is 10.1. The molecule has 0 bridgehead atoms. The van der Waals surface area contributed by atoms with Crippen molar-refractivity contribution in [3.63, 3.8) is 0 Å². The summed E-state index contributed by atoms with van der Waals surface area (Å²) < 4.78 is 7.75. The Morgan fingerprint density at radius 3 is 2.93 bits per heavy atom. The van der Waals surface area contributed by atoms with Gasteiger partial charge in [0.15, 0.2) is 0 Å². The second kappa shape index (κ2) is 8.14. The summed E-state index contributed by atoms with van der Waals surface area (Å²) in [5.74, 6) is 0.0372. The molecule has 4 rings (SSSR count). The lowest BCUT2D eigenvalue weighted by molar-refractivity contribution is -0.00785. The van der Waals surface area contributed by atoms with E-state index < -0.39 is 0 Å². The summed E-state index contributed by atoms with van der Waals surface area (Å²) in [6, 6.07) is 15.2. The zero-order chi connectivity index (χ0) is 18.5. The third kappa shape index (κ3) is 4.23. The molecule has 0 spiro atoms. The van der Waals surface area contributed by atoms with Crippen LogP contribution in [0.25, 0.3) is 5.69 Å². The standard InChI is InChI=1S/C21H22N4O2/c26-21(17-6-3-8-19(14-17)25-13-5-11-23-25)24-12-4-9-20(15-24)27-16-18-7-1-2-10-22-18/h1-3,5-8,10-11,13-14,20H,4,9,12,15-16H2. The highest BCUT2D eigenvalue weighted by molar-refractivity contribution is 5.94. The first-order valence-corrected chi connectivity index (χ1v) is 9.20. The molecule has 3 heterocycles. The zero-order valence-corrected chi connectivity index (χ0v) is 15.1. The van der Waals surface area contributed by atoms with Gasteiger partial charge in [0.25, 0.3) is 5.91 Å². The third-order valence-corrected chi connectivity index (χ3v) is 4.72. The Morgan fingerprint density at radius 2 is 2.11 bits per heavy atom. The summed E-state index contributed by atoms with van der Waals surface area (Å²) in [6.45, 7) is 1.84. The SMILES string of the molecule is O=C(c1cccc(-n2cccn2)c1)N1CCCC(OCc2ccccn2)C1. The molecule has 1 aliphatic rings. The van der Waals surface area contributed by atoms with E-state index in [1.54, 1.807) is 17.1 Å². The van der Waals surface area contributed by atoms with Crippen molar-refractivity contribution in [1.29, 1.82) is 0 Å². The predicted molar refractivity (Wildman–Crippen MR) is 102 cm³/mol. The average Bonchev–Trinajstić information content (AvgIpc) is 3.28. The molecule has 1 aliphatic heterocycles. The Bertz CT molecular complexity index is 880. The van der Waals surface area contributed by atoms with Gasteiger partial charge in [-0.3, -0.25) is 9.78 Å². The highest BCUT2D eigenvalue weighted by Crippen LogP contribution is 2.18. The molecule has 2 aromatic heterocycles. The molecule has 1 fully saturated rings. The van der Waals surface area contributed by atoms with Gasteiger partial charge in [0.05, 0.1) is 24.1 Å². The molecule has 3 aromatic rings. The smallest absolute Gasteiger partial charge is 0.254 e. The predicted octanol–water partition coefficient (Wildman–Crippen LogP) is 3.09. The van der Waals surface area contributed by atoms with Gasteiger partial charge in [0.1, 0.15) is 0 Å². The molecule has 1 saturated heterocycles. The summed E-state index contributed by atoms with van der Waals surface area (Å²) in [5.41, 5.74) is 2.46. The van der Waals surface area contributed by atoms with E-state index in [0.29, 0.717) is 18.7 Å². The normalized spacial score (nSPS) is 17.0. The molecule has 1 amide bonds. The maximum Gasteiger partial charge on any atom is 0.254 e. The summed E-state index contributed by atoms with van der Waals surface area (Å²) >= 11 is 0. The van der Waals surface area contributed by atoms with E-state index in [1.165, 1.54) is 0 Å². The van der Waals surface area contributed by atoms with Crippen LogP contribution >= 0.6 is 0 Å². The number of hydrogen-bond donors (Lipinski definition) is 0. The third-order valence-electron chi connectivity index (χ3n) is 4.72. The number of hydrogen-bond acceptors (Lipinski definition) is 4.